The summed E-state index contributed by atoms with van der Waals surface area (Å²) >= 11 is 0. The van der Waals surface area contributed by atoms with Crippen LogP contribution >= 0.6 is 0 Å². The van der Waals surface area contributed by atoms with E-state index in [0.29, 0.717) is 0 Å². The molecule has 0 unspecified atom stereocenters. The van der Waals surface area contributed by atoms with Gasteiger partial charge in [0.25, 0.3) is 0 Å². The Bertz CT molecular complexity index is 230. The maximum atomic E-state index is 4.06. The predicted octanol–water partition coefficient (Wildman–Crippen LogP) is 1.70. The second-order valence-corrected chi connectivity index (χ2v) is 3.38. The summed E-state index contributed by atoms with van der Waals surface area (Å²) in [6.07, 6.45) is 7.62. The predicted molar refractivity (Wildman–Crippen MR) is 54.4 cm³/mol. The van der Waals surface area contributed by atoms with Crippen molar-refractivity contribution in [1.82, 2.24) is 14.9 Å². The highest BCUT2D eigenvalue weighted by Crippen LogP contribution is 1.96. The third-order valence-electron chi connectivity index (χ3n) is 2.18. The molecule has 0 amide bonds. The monoisotopic (exact) mass is 181 g/mol. The molecule has 0 aliphatic heterocycles. The molecule has 3 nitrogen and oxygen atoms in total. The van der Waals surface area contributed by atoms with Crippen LogP contribution in [0, 0.1) is 0 Å². The first-order chi connectivity index (χ1) is 6.34. The Morgan fingerprint density at radius 1 is 1.46 bits per heavy atom. The molecule has 0 radical (unpaired) electrons. The Hall–Kier alpha value is -0.830. The Kier molecular flexibility index (Phi) is 4.54. The van der Waals surface area contributed by atoms with Gasteiger partial charge in [-0.2, -0.15) is 0 Å². The summed E-state index contributed by atoms with van der Waals surface area (Å²) < 4.78 is 2.05. The normalized spacial score (nSPS) is 10.6. The first kappa shape index (κ1) is 10.3. The minimum atomic E-state index is 0.931. The number of rotatable bonds is 6. The Balaban J connectivity index is 2.10. The zero-order chi connectivity index (χ0) is 9.52. The summed E-state index contributed by atoms with van der Waals surface area (Å²) in [5, 5.41) is 3.40. The Labute approximate surface area is 80.2 Å². The molecule has 13 heavy (non-hydrogen) atoms. The van der Waals surface area contributed by atoms with Crippen LogP contribution in [0.3, 0.4) is 0 Å². The van der Waals surface area contributed by atoms with Crippen LogP contribution in [0.4, 0.5) is 0 Å². The molecule has 3 heteroatoms. The van der Waals surface area contributed by atoms with E-state index in [1.165, 1.54) is 25.0 Å². The van der Waals surface area contributed by atoms with E-state index >= 15 is 0 Å². The molecule has 0 aliphatic rings. The highest BCUT2D eigenvalue weighted by atomic mass is 15.0. The summed E-state index contributed by atoms with van der Waals surface area (Å²) in [7, 11) is 2.02. The maximum Gasteiger partial charge on any atom is 0.0945 e. The van der Waals surface area contributed by atoms with Crippen LogP contribution in [0.2, 0.25) is 0 Å². The molecule has 0 atom stereocenters. The van der Waals surface area contributed by atoms with Crippen LogP contribution in [0.1, 0.15) is 31.9 Å². The van der Waals surface area contributed by atoms with Crippen LogP contribution in [-0.2, 0) is 13.6 Å². The van der Waals surface area contributed by atoms with Crippen molar-refractivity contribution >= 4 is 0 Å². The van der Waals surface area contributed by atoms with E-state index in [4.69, 9.17) is 0 Å². The lowest BCUT2D eigenvalue weighted by Crippen LogP contribution is -2.16. The van der Waals surface area contributed by atoms with Crippen molar-refractivity contribution in [1.29, 1.82) is 0 Å². The first-order valence-electron chi connectivity index (χ1n) is 5.00. The topological polar surface area (TPSA) is 29.9 Å². The molecule has 0 spiro atoms. The fourth-order valence-electron chi connectivity index (χ4n) is 1.27. The SMILES string of the molecule is CCCCCNCc1cncn1C. The second-order valence-electron chi connectivity index (χ2n) is 3.38. The van der Waals surface area contributed by atoms with Crippen molar-refractivity contribution in [3.63, 3.8) is 0 Å². The largest absolute Gasteiger partial charge is 0.337 e. The van der Waals surface area contributed by atoms with Crippen LogP contribution < -0.4 is 5.32 Å². The molecule has 0 aliphatic carbocycles. The quantitative estimate of drug-likeness (QED) is 0.677. The van der Waals surface area contributed by atoms with Crippen molar-refractivity contribution in [2.75, 3.05) is 6.54 Å². The zero-order valence-corrected chi connectivity index (χ0v) is 8.58. The van der Waals surface area contributed by atoms with Crippen LogP contribution in [0.25, 0.3) is 0 Å². The molecule has 1 aromatic heterocycles. The van der Waals surface area contributed by atoms with Crippen molar-refractivity contribution in [2.24, 2.45) is 7.05 Å². The average Bonchev–Trinajstić information content (AvgIpc) is 2.52. The third-order valence-corrected chi connectivity index (χ3v) is 2.18. The van der Waals surface area contributed by atoms with E-state index in [2.05, 4.69) is 17.2 Å². The summed E-state index contributed by atoms with van der Waals surface area (Å²) in [6.45, 7) is 4.26. The summed E-state index contributed by atoms with van der Waals surface area (Å²) in [4.78, 5) is 4.06. The van der Waals surface area contributed by atoms with Gasteiger partial charge >= 0.3 is 0 Å². The van der Waals surface area contributed by atoms with E-state index < -0.39 is 0 Å². The van der Waals surface area contributed by atoms with E-state index in [0.717, 1.165) is 13.1 Å². The average molecular weight is 181 g/mol. The molecule has 0 bridgehead atoms. The minimum absolute atomic E-state index is 0.931. The van der Waals surface area contributed by atoms with Gasteiger partial charge in [0, 0.05) is 19.8 Å². The van der Waals surface area contributed by atoms with Gasteiger partial charge in [-0.1, -0.05) is 19.8 Å². The maximum absolute atomic E-state index is 4.06. The van der Waals surface area contributed by atoms with Crippen molar-refractivity contribution < 1.29 is 0 Å². The van der Waals surface area contributed by atoms with Gasteiger partial charge in [0.2, 0.25) is 0 Å². The van der Waals surface area contributed by atoms with Crippen molar-refractivity contribution in [3.05, 3.63) is 18.2 Å². The number of aromatic nitrogens is 2. The summed E-state index contributed by atoms with van der Waals surface area (Å²) in [5.74, 6) is 0. The van der Waals surface area contributed by atoms with E-state index in [1.807, 2.05) is 24.1 Å². The van der Waals surface area contributed by atoms with Gasteiger partial charge in [0.05, 0.1) is 12.0 Å². The fourth-order valence-corrected chi connectivity index (χ4v) is 1.27. The van der Waals surface area contributed by atoms with Gasteiger partial charge in [0.15, 0.2) is 0 Å². The molecular formula is C10H19N3. The lowest BCUT2D eigenvalue weighted by molar-refractivity contribution is 0.601. The smallest absolute Gasteiger partial charge is 0.0945 e. The lowest BCUT2D eigenvalue weighted by Gasteiger charge is -2.04. The Morgan fingerprint density at radius 2 is 2.31 bits per heavy atom. The summed E-state index contributed by atoms with van der Waals surface area (Å²) in [6, 6.07) is 0. The highest BCUT2D eigenvalue weighted by molar-refractivity contribution is 4.96. The first-order valence-corrected chi connectivity index (χ1v) is 5.00. The molecule has 1 N–H and O–H groups in total. The minimum Gasteiger partial charge on any atom is -0.337 e. The van der Waals surface area contributed by atoms with Crippen molar-refractivity contribution in [2.45, 2.75) is 32.7 Å². The zero-order valence-electron chi connectivity index (χ0n) is 8.58. The second kappa shape index (κ2) is 5.75. The molecule has 0 saturated carbocycles. The molecule has 0 aromatic carbocycles. The molecule has 1 rings (SSSR count). The lowest BCUT2D eigenvalue weighted by atomic mass is 10.2. The third kappa shape index (κ3) is 3.59. The standard InChI is InChI=1S/C10H19N3/c1-3-4-5-6-11-7-10-8-12-9-13(10)2/h8-9,11H,3-7H2,1-2H3. The number of unbranched alkanes of at least 4 members (excludes halogenated alkanes) is 2. The van der Waals surface area contributed by atoms with Gasteiger partial charge in [-0.3, -0.25) is 0 Å². The number of nitrogens with zero attached hydrogens (tertiary/aromatic N) is 2. The van der Waals surface area contributed by atoms with Crippen LogP contribution in [-0.4, -0.2) is 16.1 Å². The molecule has 1 heterocycles. The van der Waals surface area contributed by atoms with E-state index in [9.17, 15) is 0 Å². The molecule has 1 aromatic rings. The van der Waals surface area contributed by atoms with Gasteiger partial charge < -0.3 is 9.88 Å². The highest BCUT2D eigenvalue weighted by Gasteiger charge is 1.95. The van der Waals surface area contributed by atoms with Gasteiger partial charge in [-0.15, -0.1) is 0 Å². The number of imidazole rings is 1. The molecule has 0 saturated heterocycles. The van der Waals surface area contributed by atoms with Crippen molar-refractivity contribution in [3.8, 4) is 0 Å². The van der Waals surface area contributed by atoms with Gasteiger partial charge in [0.1, 0.15) is 0 Å². The van der Waals surface area contributed by atoms with E-state index in [-0.39, 0.29) is 0 Å². The molecule has 0 fully saturated rings. The van der Waals surface area contributed by atoms with Crippen LogP contribution in [0.5, 0.6) is 0 Å². The number of hydrogen-bond donors (Lipinski definition) is 1. The van der Waals surface area contributed by atoms with Crippen LogP contribution in [0.15, 0.2) is 12.5 Å². The number of hydrogen-bond acceptors (Lipinski definition) is 2. The van der Waals surface area contributed by atoms with Gasteiger partial charge in [-0.05, 0) is 13.0 Å². The van der Waals surface area contributed by atoms with Gasteiger partial charge in [-0.25, -0.2) is 4.98 Å². The Morgan fingerprint density at radius 3 is 2.92 bits per heavy atom. The van der Waals surface area contributed by atoms with E-state index in [1.54, 1.807) is 0 Å². The number of nitrogens with one attached hydrogen (secondary N) is 1. The summed E-state index contributed by atoms with van der Waals surface area (Å²) in [5.41, 5.74) is 1.25. The fraction of sp³-hybridized carbons (Fsp3) is 0.700. The molecule has 74 valence electrons. The molecular weight excluding hydrogens is 162 g/mol. The number of aryl methyl sites for hydroxylation is 1.